The summed E-state index contributed by atoms with van der Waals surface area (Å²) in [5.74, 6) is -0.151. The van der Waals surface area contributed by atoms with Gasteiger partial charge in [0.2, 0.25) is 15.9 Å². The minimum atomic E-state index is -3.75. The standard InChI is InChI=1S/C20H31N3O5S/c1-14(15-6-8-17(9-7-15)29(21,26)27)22(5)18(24)16-10-12-23(13-11-16)19(25)28-20(2,3)4/h6-9,14,16H,10-13H2,1-5H3,(H2,21,26,27)/t14-/m1/s1. The minimum Gasteiger partial charge on any atom is -0.444 e. The molecule has 1 fully saturated rings. The first-order chi connectivity index (χ1) is 13.3. The summed E-state index contributed by atoms with van der Waals surface area (Å²) >= 11 is 0. The molecule has 0 aliphatic carbocycles. The largest absolute Gasteiger partial charge is 0.444 e. The second-order valence-electron chi connectivity index (χ2n) is 8.48. The maximum Gasteiger partial charge on any atom is 0.410 e. The predicted octanol–water partition coefficient (Wildman–Crippen LogP) is 2.50. The average molecular weight is 426 g/mol. The SMILES string of the molecule is C[C@H](c1ccc(S(N)(=O)=O)cc1)N(C)C(=O)C1CCN(C(=O)OC(C)(C)C)CC1. The number of benzene rings is 1. The number of nitrogens with zero attached hydrogens (tertiary/aromatic N) is 2. The van der Waals surface area contributed by atoms with Gasteiger partial charge in [0.25, 0.3) is 0 Å². The summed E-state index contributed by atoms with van der Waals surface area (Å²) in [5, 5.41) is 5.13. The fraction of sp³-hybridized carbons (Fsp3) is 0.600. The molecule has 1 aliphatic heterocycles. The fourth-order valence-electron chi connectivity index (χ4n) is 3.27. The molecule has 0 bridgehead atoms. The van der Waals surface area contributed by atoms with Crippen LogP contribution >= 0.6 is 0 Å². The Hall–Kier alpha value is -2.13. The van der Waals surface area contributed by atoms with Crippen LogP contribution in [0.4, 0.5) is 4.79 Å². The van der Waals surface area contributed by atoms with E-state index in [4.69, 9.17) is 9.88 Å². The van der Waals surface area contributed by atoms with Crippen LogP contribution in [-0.4, -0.2) is 56.0 Å². The van der Waals surface area contributed by atoms with Gasteiger partial charge in [0, 0.05) is 26.1 Å². The first-order valence-corrected chi connectivity index (χ1v) is 11.2. The second-order valence-corrected chi connectivity index (χ2v) is 10.0. The lowest BCUT2D eigenvalue weighted by molar-refractivity contribution is -0.137. The van der Waals surface area contributed by atoms with E-state index < -0.39 is 15.6 Å². The molecule has 0 aromatic heterocycles. The first kappa shape index (κ1) is 23.2. The van der Waals surface area contributed by atoms with E-state index in [2.05, 4.69) is 0 Å². The Kier molecular flexibility index (Phi) is 6.95. The number of likely N-dealkylation sites (tertiary alicyclic amines) is 1. The summed E-state index contributed by atoms with van der Waals surface area (Å²) in [7, 11) is -2.01. The van der Waals surface area contributed by atoms with Gasteiger partial charge >= 0.3 is 6.09 Å². The number of carbonyl (C=O) groups is 2. The van der Waals surface area contributed by atoms with Crippen LogP contribution in [0.1, 0.15) is 52.1 Å². The molecule has 0 saturated carbocycles. The highest BCUT2D eigenvalue weighted by Crippen LogP contribution is 2.26. The van der Waals surface area contributed by atoms with E-state index in [1.807, 2.05) is 27.7 Å². The number of primary sulfonamides is 1. The number of carbonyl (C=O) groups excluding carboxylic acids is 2. The Balaban J connectivity index is 1.96. The smallest absolute Gasteiger partial charge is 0.410 e. The lowest BCUT2D eigenvalue weighted by atomic mass is 9.94. The summed E-state index contributed by atoms with van der Waals surface area (Å²) < 4.78 is 28.2. The van der Waals surface area contributed by atoms with E-state index in [-0.39, 0.29) is 28.9 Å². The molecule has 2 amide bonds. The van der Waals surface area contributed by atoms with Crippen LogP contribution in [0.3, 0.4) is 0 Å². The van der Waals surface area contributed by atoms with Gasteiger partial charge in [0.15, 0.2) is 0 Å². The van der Waals surface area contributed by atoms with Crippen molar-refractivity contribution in [3.63, 3.8) is 0 Å². The van der Waals surface area contributed by atoms with Crippen molar-refractivity contribution >= 4 is 22.0 Å². The maximum atomic E-state index is 12.9. The van der Waals surface area contributed by atoms with Crippen molar-refractivity contribution in [2.45, 2.75) is 57.1 Å². The van der Waals surface area contributed by atoms with Crippen molar-refractivity contribution in [1.82, 2.24) is 9.80 Å². The molecule has 2 N–H and O–H groups in total. The second kappa shape index (κ2) is 8.71. The van der Waals surface area contributed by atoms with Gasteiger partial charge in [-0.15, -0.1) is 0 Å². The normalized spacial score (nSPS) is 17.0. The van der Waals surface area contributed by atoms with Crippen LogP contribution in [0, 0.1) is 5.92 Å². The van der Waals surface area contributed by atoms with Gasteiger partial charge in [-0.05, 0) is 58.2 Å². The molecule has 1 aromatic carbocycles. The molecule has 1 aromatic rings. The molecule has 0 spiro atoms. The van der Waals surface area contributed by atoms with Crippen LogP contribution in [0.15, 0.2) is 29.2 Å². The Morgan fingerprint density at radius 2 is 1.69 bits per heavy atom. The quantitative estimate of drug-likeness (QED) is 0.797. The highest BCUT2D eigenvalue weighted by molar-refractivity contribution is 7.89. The van der Waals surface area contributed by atoms with Crippen LogP contribution in [0.5, 0.6) is 0 Å². The number of nitrogens with two attached hydrogens (primary N) is 1. The molecule has 1 saturated heterocycles. The summed E-state index contributed by atoms with van der Waals surface area (Å²) in [6, 6.07) is 6.00. The highest BCUT2D eigenvalue weighted by atomic mass is 32.2. The zero-order valence-electron chi connectivity index (χ0n) is 17.7. The highest BCUT2D eigenvalue weighted by Gasteiger charge is 2.32. The number of piperidine rings is 1. The van der Waals surface area contributed by atoms with Crippen molar-refractivity contribution in [2.24, 2.45) is 11.1 Å². The number of amides is 2. The molecular formula is C20H31N3O5S. The molecule has 9 heteroatoms. The predicted molar refractivity (Wildman–Crippen MR) is 110 cm³/mol. The number of rotatable bonds is 4. The van der Waals surface area contributed by atoms with E-state index in [0.717, 1.165) is 5.56 Å². The van der Waals surface area contributed by atoms with Crippen LogP contribution < -0.4 is 5.14 Å². The van der Waals surface area contributed by atoms with Crippen molar-refractivity contribution in [1.29, 1.82) is 0 Å². The van der Waals surface area contributed by atoms with Gasteiger partial charge in [-0.25, -0.2) is 18.4 Å². The third kappa shape index (κ3) is 6.17. The van der Waals surface area contributed by atoms with Gasteiger partial charge in [0.05, 0.1) is 10.9 Å². The van der Waals surface area contributed by atoms with Crippen molar-refractivity contribution in [3.05, 3.63) is 29.8 Å². The molecule has 8 nitrogen and oxygen atoms in total. The molecule has 0 unspecified atom stereocenters. The molecule has 1 atom stereocenters. The van der Waals surface area contributed by atoms with Gasteiger partial charge < -0.3 is 14.5 Å². The molecule has 29 heavy (non-hydrogen) atoms. The first-order valence-electron chi connectivity index (χ1n) is 9.67. The topological polar surface area (TPSA) is 110 Å². The van der Waals surface area contributed by atoms with Crippen LogP contribution in [0.25, 0.3) is 0 Å². The minimum absolute atomic E-state index is 0.0110. The van der Waals surface area contributed by atoms with E-state index in [1.54, 1.807) is 29.0 Å². The fourth-order valence-corrected chi connectivity index (χ4v) is 3.79. The van der Waals surface area contributed by atoms with E-state index >= 15 is 0 Å². The third-order valence-corrected chi connectivity index (χ3v) is 6.04. The summed E-state index contributed by atoms with van der Waals surface area (Å²) in [6.07, 6.45) is 0.818. The Bertz CT molecular complexity index is 838. The number of hydrogen-bond donors (Lipinski definition) is 1. The average Bonchev–Trinajstić information content (AvgIpc) is 2.64. The number of sulfonamides is 1. The molecule has 0 radical (unpaired) electrons. The van der Waals surface area contributed by atoms with Gasteiger partial charge in [-0.2, -0.15) is 0 Å². The molecule has 162 valence electrons. The number of hydrogen-bond acceptors (Lipinski definition) is 5. The summed E-state index contributed by atoms with van der Waals surface area (Å²) in [5.41, 5.74) is 0.275. The Morgan fingerprint density at radius 1 is 1.17 bits per heavy atom. The zero-order valence-corrected chi connectivity index (χ0v) is 18.5. The van der Waals surface area contributed by atoms with E-state index in [0.29, 0.717) is 25.9 Å². The van der Waals surface area contributed by atoms with E-state index in [1.165, 1.54) is 12.1 Å². The van der Waals surface area contributed by atoms with Crippen LogP contribution in [-0.2, 0) is 19.6 Å². The maximum absolute atomic E-state index is 12.9. The lowest BCUT2D eigenvalue weighted by Crippen LogP contribution is -2.45. The van der Waals surface area contributed by atoms with E-state index in [9.17, 15) is 18.0 Å². The summed E-state index contributed by atoms with van der Waals surface area (Å²) in [4.78, 5) is 28.4. The van der Waals surface area contributed by atoms with Crippen molar-refractivity contribution in [2.75, 3.05) is 20.1 Å². The molecule has 1 aliphatic rings. The number of ether oxygens (including phenoxy) is 1. The Morgan fingerprint density at radius 3 is 2.14 bits per heavy atom. The zero-order chi connectivity index (χ0) is 22.0. The van der Waals surface area contributed by atoms with Gasteiger partial charge in [0.1, 0.15) is 5.60 Å². The molecular weight excluding hydrogens is 394 g/mol. The van der Waals surface area contributed by atoms with Crippen molar-refractivity contribution < 1.29 is 22.7 Å². The lowest BCUT2D eigenvalue weighted by Gasteiger charge is -2.35. The third-order valence-electron chi connectivity index (χ3n) is 5.12. The molecule has 1 heterocycles. The van der Waals surface area contributed by atoms with Crippen LogP contribution in [0.2, 0.25) is 0 Å². The Labute approximate surface area is 173 Å². The monoisotopic (exact) mass is 425 g/mol. The van der Waals surface area contributed by atoms with Gasteiger partial charge in [-0.1, -0.05) is 12.1 Å². The molecule has 2 rings (SSSR count). The van der Waals surface area contributed by atoms with Gasteiger partial charge in [-0.3, -0.25) is 4.79 Å². The summed E-state index contributed by atoms with van der Waals surface area (Å²) in [6.45, 7) is 8.33. The van der Waals surface area contributed by atoms with Crippen molar-refractivity contribution in [3.8, 4) is 0 Å².